The third kappa shape index (κ3) is 6.47. The molecule has 34 heavy (non-hydrogen) atoms. The number of carbonyl (C=O) groups is 1. The van der Waals surface area contributed by atoms with Crippen molar-refractivity contribution in [1.82, 2.24) is 9.62 Å². The molecule has 7 heteroatoms. The molecule has 3 rings (SSSR count). The van der Waals surface area contributed by atoms with E-state index in [2.05, 4.69) is 5.32 Å². The lowest BCUT2D eigenvalue weighted by Gasteiger charge is -2.25. The minimum Gasteiger partial charge on any atom is -0.348 e. The Balaban J connectivity index is 1.85. The summed E-state index contributed by atoms with van der Waals surface area (Å²) in [4.78, 5) is 13.2. The first-order valence-corrected chi connectivity index (χ1v) is 13.1. The van der Waals surface area contributed by atoms with Gasteiger partial charge in [-0.1, -0.05) is 71.8 Å². The Hall–Kier alpha value is -2.67. The zero-order valence-corrected chi connectivity index (χ0v) is 21.6. The molecule has 3 aromatic carbocycles. The van der Waals surface area contributed by atoms with Gasteiger partial charge in [-0.05, 0) is 68.5 Å². The molecule has 0 aliphatic rings. The summed E-state index contributed by atoms with van der Waals surface area (Å²) in [6.45, 7) is 7.32. The van der Waals surface area contributed by atoms with E-state index < -0.39 is 10.0 Å². The molecule has 0 unspecified atom stereocenters. The topological polar surface area (TPSA) is 66.5 Å². The van der Waals surface area contributed by atoms with Crippen molar-refractivity contribution in [3.05, 3.63) is 99.6 Å². The molecule has 0 aliphatic carbocycles. The highest BCUT2D eigenvalue weighted by Gasteiger charge is 2.30. The summed E-state index contributed by atoms with van der Waals surface area (Å²) in [5.41, 5.74) is 4.25. The first kappa shape index (κ1) is 25.9. The fourth-order valence-electron chi connectivity index (χ4n) is 4.17. The smallest absolute Gasteiger partial charge is 0.244 e. The highest BCUT2D eigenvalue weighted by Crippen LogP contribution is 2.26. The molecule has 0 aliphatic heterocycles. The molecule has 5 nitrogen and oxygen atoms in total. The highest BCUT2D eigenvalue weighted by atomic mass is 35.5. The number of aryl methyl sites for hydroxylation is 3. The summed E-state index contributed by atoms with van der Waals surface area (Å²) in [7, 11) is -3.90. The lowest BCUT2D eigenvalue weighted by molar-refractivity contribution is -0.121. The van der Waals surface area contributed by atoms with Crippen molar-refractivity contribution >= 4 is 27.5 Å². The van der Waals surface area contributed by atoms with Gasteiger partial charge in [-0.2, -0.15) is 4.31 Å². The summed E-state index contributed by atoms with van der Waals surface area (Å²) in [6, 6.07) is 20.3. The monoisotopic (exact) mass is 498 g/mol. The van der Waals surface area contributed by atoms with E-state index in [4.69, 9.17) is 11.6 Å². The Morgan fingerprint density at radius 3 is 2.15 bits per heavy atom. The Morgan fingerprint density at radius 1 is 0.971 bits per heavy atom. The molecule has 0 saturated carbocycles. The number of nitrogens with one attached hydrogen (secondary N) is 1. The van der Waals surface area contributed by atoms with Gasteiger partial charge in [0.25, 0.3) is 0 Å². The second-order valence-corrected chi connectivity index (χ2v) is 11.0. The van der Waals surface area contributed by atoms with Gasteiger partial charge < -0.3 is 5.32 Å². The van der Waals surface area contributed by atoms with Gasteiger partial charge in [0, 0.05) is 11.6 Å². The lowest BCUT2D eigenvalue weighted by atomic mass is 10.1. The van der Waals surface area contributed by atoms with Gasteiger partial charge in [0.05, 0.1) is 17.5 Å². The number of benzene rings is 3. The van der Waals surface area contributed by atoms with E-state index in [1.54, 1.807) is 26.0 Å². The minimum absolute atomic E-state index is 0.196. The molecule has 1 amide bonds. The SMILES string of the molecule is Cc1cc(C)c(S(=O)(=O)N(CCc2ccccc2)CC(=O)N[C@H](C)c2ccc(Cl)cc2)c(C)c1. The van der Waals surface area contributed by atoms with Crippen LogP contribution in [-0.2, 0) is 21.2 Å². The van der Waals surface area contributed by atoms with Crippen LogP contribution in [0.15, 0.2) is 71.6 Å². The van der Waals surface area contributed by atoms with Gasteiger partial charge in [-0.15, -0.1) is 0 Å². The van der Waals surface area contributed by atoms with E-state index in [1.807, 2.05) is 68.4 Å². The van der Waals surface area contributed by atoms with Gasteiger partial charge >= 0.3 is 0 Å². The van der Waals surface area contributed by atoms with Gasteiger partial charge in [-0.25, -0.2) is 8.42 Å². The average molecular weight is 499 g/mol. The Kier molecular flexibility index (Phi) is 8.52. The second-order valence-electron chi connectivity index (χ2n) is 8.64. The van der Waals surface area contributed by atoms with Crippen molar-refractivity contribution in [2.75, 3.05) is 13.1 Å². The quantitative estimate of drug-likeness (QED) is 0.431. The maximum absolute atomic E-state index is 13.8. The zero-order chi connectivity index (χ0) is 24.9. The molecule has 0 heterocycles. The van der Waals surface area contributed by atoms with Crippen molar-refractivity contribution < 1.29 is 13.2 Å². The zero-order valence-electron chi connectivity index (χ0n) is 20.0. The molecule has 1 atom stereocenters. The highest BCUT2D eigenvalue weighted by molar-refractivity contribution is 7.89. The van der Waals surface area contributed by atoms with Crippen LogP contribution in [0.25, 0.3) is 0 Å². The molecule has 0 saturated heterocycles. The standard InChI is InChI=1S/C27H31ClN2O3S/c1-19-16-20(2)27(21(3)17-19)34(32,33)30(15-14-23-8-6-5-7-9-23)18-26(31)29-22(4)24-10-12-25(28)13-11-24/h5-13,16-17,22H,14-15,18H2,1-4H3,(H,29,31)/t22-/m1/s1. The van der Waals surface area contributed by atoms with E-state index in [1.165, 1.54) is 4.31 Å². The van der Waals surface area contributed by atoms with Crippen LogP contribution in [0.2, 0.25) is 5.02 Å². The molecule has 0 fully saturated rings. The van der Waals surface area contributed by atoms with Crippen LogP contribution in [0.3, 0.4) is 0 Å². The van der Waals surface area contributed by atoms with Crippen molar-refractivity contribution in [1.29, 1.82) is 0 Å². The lowest BCUT2D eigenvalue weighted by Crippen LogP contribution is -2.42. The predicted molar refractivity (Wildman–Crippen MR) is 138 cm³/mol. The normalized spacial score (nSPS) is 12.5. The van der Waals surface area contributed by atoms with Crippen LogP contribution in [-0.4, -0.2) is 31.7 Å². The van der Waals surface area contributed by atoms with Crippen molar-refractivity contribution in [3.63, 3.8) is 0 Å². The molecular weight excluding hydrogens is 468 g/mol. The molecule has 0 spiro atoms. The van der Waals surface area contributed by atoms with Crippen LogP contribution in [0.1, 0.15) is 40.8 Å². The van der Waals surface area contributed by atoms with Crippen LogP contribution >= 0.6 is 11.6 Å². The molecule has 1 N–H and O–H groups in total. The molecule has 0 aromatic heterocycles. The van der Waals surface area contributed by atoms with Gasteiger partial charge in [-0.3, -0.25) is 4.79 Å². The Bertz CT molecular complexity index is 1220. The number of carbonyl (C=O) groups excluding carboxylic acids is 1. The number of hydrogen-bond donors (Lipinski definition) is 1. The number of rotatable bonds is 9. The largest absolute Gasteiger partial charge is 0.348 e. The van der Waals surface area contributed by atoms with Crippen LogP contribution in [0, 0.1) is 20.8 Å². The molecule has 3 aromatic rings. The van der Waals surface area contributed by atoms with E-state index in [9.17, 15) is 13.2 Å². The first-order chi connectivity index (χ1) is 16.1. The number of amides is 1. The summed E-state index contributed by atoms with van der Waals surface area (Å²) < 4.78 is 28.8. The third-order valence-electron chi connectivity index (χ3n) is 5.76. The molecular formula is C27H31ClN2O3S. The van der Waals surface area contributed by atoms with Crippen LogP contribution < -0.4 is 5.32 Å². The van der Waals surface area contributed by atoms with Gasteiger partial charge in [0.1, 0.15) is 0 Å². The Morgan fingerprint density at radius 2 is 1.56 bits per heavy atom. The van der Waals surface area contributed by atoms with Crippen molar-refractivity contribution in [2.24, 2.45) is 0 Å². The van der Waals surface area contributed by atoms with Gasteiger partial charge in [0.2, 0.25) is 15.9 Å². The van der Waals surface area contributed by atoms with E-state index in [0.717, 1.165) is 16.7 Å². The summed E-state index contributed by atoms with van der Waals surface area (Å²) in [5, 5.41) is 3.53. The fraction of sp³-hybridized carbons (Fsp3) is 0.296. The van der Waals surface area contributed by atoms with Gasteiger partial charge in [0.15, 0.2) is 0 Å². The summed E-state index contributed by atoms with van der Waals surface area (Å²) in [6.07, 6.45) is 0.504. The maximum Gasteiger partial charge on any atom is 0.244 e. The predicted octanol–water partition coefficient (Wildman–Crippen LogP) is 5.38. The minimum atomic E-state index is -3.90. The molecule has 180 valence electrons. The summed E-state index contributed by atoms with van der Waals surface area (Å²) >= 11 is 5.96. The summed E-state index contributed by atoms with van der Waals surface area (Å²) in [5.74, 6) is -0.360. The van der Waals surface area contributed by atoms with E-state index >= 15 is 0 Å². The second kappa shape index (κ2) is 11.2. The third-order valence-corrected chi connectivity index (χ3v) is 8.17. The number of hydrogen-bond acceptors (Lipinski definition) is 3. The molecule has 0 bridgehead atoms. The number of halogens is 1. The van der Waals surface area contributed by atoms with Crippen LogP contribution in [0.5, 0.6) is 0 Å². The fourth-order valence-corrected chi connectivity index (χ4v) is 6.10. The average Bonchev–Trinajstić information content (AvgIpc) is 2.76. The first-order valence-electron chi connectivity index (χ1n) is 11.2. The maximum atomic E-state index is 13.8. The van der Waals surface area contributed by atoms with Crippen LogP contribution in [0.4, 0.5) is 0 Å². The Labute approximate surface area is 207 Å². The van der Waals surface area contributed by atoms with Crippen molar-refractivity contribution in [3.8, 4) is 0 Å². The van der Waals surface area contributed by atoms with E-state index in [-0.39, 0.29) is 29.9 Å². The molecule has 0 radical (unpaired) electrons. The number of sulfonamides is 1. The number of nitrogens with zero attached hydrogens (tertiary/aromatic N) is 1. The van der Waals surface area contributed by atoms with E-state index in [0.29, 0.717) is 22.6 Å². The van der Waals surface area contributed by atoms with Crippen molar-refractivity contribution in [2.45, 2.75) is 45.1 Å².